The molecule has 0 saturated carbocycles. The van der Waals surface area contributed by atoms with Crippen molar-refractivity contribution in [2.45, 2.75) is 19.0 Å². The van der Waals surface area contributed by atoms with E-state index in [4.69, 9.17) is 5.73 Å². The zero-order valence-electron chi connectivity index (χ0n) is 11.2. The van der Waals surface area contributed by atoms with Gasteiger partial charge < -0.3 is 20.7 Å². The number of carbonyl (C=O) groups excluding carboxylic acids is 1. The maximum atomic E-state index is 11.9. The van der Waals surface area contributed by atoms with Crippen LogP contribution in [0.15, 0.2) is 30.6 Å². The fraction of sp³-hybridized carbons (Fsp3) is 0.308. The Morgan fingerprint density at radius 3 is 2.75 bits per heavy atom. The smallest absolute Gasteiger partial charge is 0.237 e. The number of phenolic OH excluding ortho intramolecular Hbond substituents is 1. The largest absolute Gasteiger partial charge is 0.508 e. The summed E-state index contributed by atoms with van der Waals surface area (Å²) >= 11 is 0. The predicted molar refractivity (Wildman–Crippen MR) is 72.6 cm³/mol. The number of hydrogen-bond acceptors (Lipinski definition) is 5. The minimum absolute atomic E-state index is 0.189. The Balaban J connectivity index is 1.86. The van der Waals surface area contributed by atoms with Gasteiger partial charge in [-0.25, -0.2) is 0 Å². The molecule has 1 aromatic carbocycles. The number of nitrogens with one attached hydrogen (secondary N) is 1. The Hall–Kier alpha value is -2.41. The molecule has 106 valence electrons. The standard InChI is InChI=1S/C13H17N5O2/c1-18-8-16-17-12(18)7-15-13(20)11(14)6-9-2-4-10(19)5-3-9/h2-5,8,11,19H,6-7,14H2,1H3,(H,15,20)/t11-/m1/s1. The van der Waals surface area contributed by atoms with Crippen molar-refractivity contribution in [2.24, 2.45) is 12.8 Å². The van der Waals surface area contributed by atoms with Crippen LogP contribution in [-0.4, -0.2) is 31.8 Å². The number of amides is 1. The molecule has 0 radical (unpaired) electrons. The van der Waals surface area contributed by atoms with E-state index in [1.165, 1.54) is 0 Å². The van der Waals surface area contributed by atoms with Crippen molar-refractivity contribution < 1.29 is 9.90 Å². The summed E-state index contributed by atoms with van der Waals surface area (Å²) in [5, 5.41) is 19.5. The summed E-state index contributed by atoms with van der Waals surface area (Å²) < 4.78 is 1.73. The maximum Gasteiger partial charge on any atom is 0.237 e. The van der Waals surface area contributed by atoms with Crippen molar-refractivity contribution in [1.82, 2.24) is 20.1 Å². The summed E-state index contributed by atoms with van der Waals surface area (Å²) in [6.45, 7) is 0.290. The molecule has 0 saturated heterocycles. The number of aromatic hydroxyl groups is 1. The lowest BCUT2D eigenvalue weighted by Gasteiger charge is -2.12. The average molecular weight is 275 g/mol. The first-order valence-corrected chi connectivity index (χ1v) is 6.20. The fourth-order valence-corrected chi connectivity index (χ4v) is 1.74. The number of aryl methyl sites for hydroxylation is 1. The van der Waals surface area contributed by atoms with Crippen LogP contribution in [0.2, 0.25) is 0 Å². The predicted octanol–water partition coefficient (Wildman–Crippen LogP) is -0.293. The van der Waals surface area contributed by atoms with Crippen LogP contribution in [0.1, 0.15) is 11.4 Å². The van der Waals surface area contributed by atoms with E-state index >= 15 is 0 Å². The second kappa shape index (κ2) is 6.16. The average Bonchev–Trinajstić information content (AvgIpc) is 2.84. The lowest BCUT2D eigenvalue weighted by molar-refractivity contribution is -0.122. The van der Waals surface area contributed by atoms with Crippen LogP contribution >= 0.6 is 0 Å². The van der Waals surface area contributed by atoms with Gasteiger partial charge in [0.2, 0.25) is 5.91 Å². The third-order valence-electron chi connectivity index (χ3n) is 2.95. The van der Waals surface area contributed by atoms with Crippen molar-refractivity contribution in [3.05, 3.63) is 42.0 Å². The highest BCUT2D eigenvalue weighted by Gasteiger charge is 2.14. The van der Waals surface area contributed by atoms with Gasteiger partial charge in [-0.1, -0.05) is 12.1 Å². The molecule has 0 unspecified atom stereocenters. The van der Waals surface area contributed by atoms with Crippen LogP contribution in [0.5, 0.6) is 5.75 Å². The highest BCUT2D eigenvalue weighted by molar-refractivity contribution is 5.81. The molecule has 4 N–H and O–H groups in total. The molecule has 2 rings (SSSR count). The first-order valence-electron chi connectivity index (χ1n) is 6.20. The van der Waals surface area contributed by atoms with Crippen LogP contribution < -0.4 is 11.1 Å². The molecular formula is C13H17N5O2. The van der Waals surface area contributed by atoms with Crippen LogP contribution in [0.25, 0.3) is 0 Å². The van der Waals surface area contributed by atoms with E-state index in [-0.39, 0.29) is 11.7 Å². The van der Waals surface area contributed by atoms with Crippen molar-refractivity contribution in [3.63, 3.8) is 0 Å². The molecule has 0 aliphatic rings. The summed E-state index contributed by atoms with van der Waals surface area (Å²) in [4.78, 5) is 11.9. The molecule has 1 aromatic heterocycles. The molecule has 20 heavy (non-hydrogen) atoms. The number of hydrogen-bond donors (Lipinski definition) is 3. The number of nitrogens with two attached hydrogens (primary N) is 1. The van der Waals surface area contributed by atoms with Crippen LogP contribution in [0.3, 0.4) is 0 Å². The van der Waals surface area contributed by atoms with Gasteiger partial charge in [-0.05, 0) is 24.1 Å². The van der Waals surface area contributed by atoms with Gasteiger partial charge in [0.25, 0.3) is 0 Å². The van der Waals surface area contributed by atoms with Gasteiger partial charge in [0, 0.05) is 7.05 Å². The number of benzene rings is 1. The molecule has 0 bridgehead atoms. The molecule has 1 heterocycles. The van der Waals surface area contributed by atoms with Gasteiger partial charge in [-0.15, -0.1) is 10.2 Å². The summed E-state index contributed by atoms with van der Waals surface area (Å²) in [6.07, 6.45) is 1.97. The Morgan fingerprint density at radius 2 is 2.15 bits per heavy atom. The minimum atomic E-state index is -0.646. The van der Waals surface area contributed by atoms with E-state index in [1.807, 2.05) is 0 Å². The molecular weight excluding hydrogens is 258 g/mol. The van der Waals surface area contributed by atoms with Crippen LogP contribution in [0.4, 0.5) is 0 Å². The SMILES string of the molecule is Cn1cnnc1CNC(=O)[C@H](N)Cc1ccc(O)cc1. The molecule has 7 nitrogen and oxygen atoms in total. The normalized spacial score (nSPS) is 12.1. The highest BCUT2D eigenvalue weighted by atomic mass is 16.3. The first-order chi connectivity index (χ1) is 9.56. The second-order valence-corrected chi connectivity index (χ2v) is 4.55. The van der Waals surface area contributed by atoms with Gasteiger partial charge in [-0.2, -0.15) is 0 Å². The van der Waals surface area contributed by atoms with Crippen LogP contribution in [-0.2, 0) is 24.8 Å². The van der Waals surface area contributed by atoms with Crippen LogP contribution in [0, 0.1) is 0 Å². The zero-order chi connectivity index (χ0) is 14.5. The van der Waals surface area contributed by atoms with Crippen molar-refractivity contribution in [3.8, 4) is 5.75 Å². The van der Waals surface area contributed by atoms with E-state index in [2.05, 4.69) is 15.5 Å². The zero-order valence-corrected chi connectivity index (χ0v) is 11.2. The number of aromatic nitrogens is 3. The number of carbonyl (C=O) groups is 1. The van der Waals surface area contributed by atoms with Crippen molar-refractivity contribution >= 4 is 5.91 Å². The minimum Gasteiger partial charge on any atom is -0.508 e. The third kappa shape index (κ3) is 3.55. The molecule has 2 aromatic rings. The van der Waals surface area contributed by atoms with Crippen molar-refractivity contribution in [2.75, 3.05) is 0 Å². The molecule has 1 atom stereocenters. The van der Waals surface area contributed by atoms with Gasteiger partial charge >= 0.3 is 0 Å². The topological polar surface area (TPSA) is 106 Å². The van der Waals surface area contributed by atoms with Gasteiger partial charge in [0.1, 0.15) is 12.1 Å². The Kier molecular flexibility index (Phi) is 4.31. The molecule has 7 heteroatoms. The second-order valence-electron chi connectivity index (χ2n) is 4.55. The van der Waals surface area contributed by atoms with E-state index in [9.17, 15) is 9.90 Å². The molecule has 1 amide bonds. The summed E-state index contributed by atoms with van der Waals surface area (Å²) in [6, 6.07) is 5.97. The quantitative estimate of drug-likeness (QED) is 0.695. The Bertz CT molecular complexity index is 579. The van der Waals surface area contributed by atoms with E-state index < -0.39 is 6.04 Å². The first kappa shape index (κ1) is 14.0. The molecule has 0 spiro atoms. The Labute approximate surface area is 116 Å². The van der Waals surface area contributed by atoms with Gasteiger partial charge in [0.15, 0.2) is 5.82 Å². The fourth-order valence-electron chi connectivity index (χ4n) is 1.74. The van der Waals surface area contributed by atoms with Gasteiger partial charge in [-0.3, -0.25) is 4.79 Å². The van der Waals surface area contributed by atoms with Crippen molar-refractivity contribution in [1.29, 1.82) is 0 Å². The lowest BCUT2D eigenvalue weighted by atomic mass is 10.1. The summed E-state index contributed by atoms with van der Waals surface area (Å²) in [5.74, 6) is 0.602. The lowest BCUT2D eigenvalue weighted by Crippen LogP contribution is -2.42. The third-order valence-corrected chi connectivity index (χ3v) is 2.95. The Morgan fingerprint density at radius 1 is 1.45 bits per heavy atom. The molecule has 0 fully saturated rings. The highest BCUT2D eigenvalue weighted by Crippen LogP contribution is 2.10. The van der Waals surface area contributed by atoms with E-state index in [1.54, 1.807) is 42.2 Å². The van der Waals surface area contributed by atoms with Gasteiger partial charge in [0.05, 0.1) is 12.6 Å². The van der Waals surface area contributed by atoms with E-state index in [0.29, 0.717) is 18.8 Å². The monoisotopic (exact) mass is 275 g/mol. The summed E-state index contributed by atoms with van der Waals surface area (Å²) in [7, 11) is 1.80. The molecule has 0 aliphatic carbocycles. The summed E-state index contributed by atoms with van der Waals surface area (Å²) in [5.41, 5.74) is 6.74. The number of rotatable bonds is 5. The maximum absolute atomic E-state index is 11.9. The number of nitrogens with zero attached hydrogens (tertiary/aromatic N) is 3. The van der Waals surface area contributed by atoms with E-state index in [0.717, 1.165) is 5.56 Å². The molecule has 0 aliphatic heterocycles. The number of phenols is 1.